The SMILES string of the molecule is OC1(c2ccc(N=NN3CCCC3)cc2)CCCCC1. The Morgan fingerprint density at radius 3 is 2.20 bits per heavy atom. The van der Waals surface area contributed by atoms with E-state index in [4.69, 9.17) is 0 Å². The first-order valence-corrected chi connectivity index (χ1v) is 7.76. The minimum Gasteiger partial charge on any atom is -0.385 e. The van der Waals surface area contributed by atoms with Gasteiger partial charge in [0.05, 0.1) is 11.3 Å². The Labute approximate surface area is 120 Å². The zero-order valence-corrected chi connectivity index (χ0v) is 12.0. The molecule has 1 saturated heterocycles. The van der Waals surface area contributed by atoms with Crippen LogP contribution in [-0.4, -0.2) is 23.2 Å². The van der Waals surface area contributed by atoms with E-state index in [-0.39, 0.29) is 0 Å². The zero-order chi connectivity index (χ0) is 13.8. The van der Waals surface area contributed by atoms with Crippen LogP contribution >= 0.6 is 0 Å². The molecule has 1 heterocycles. The highest BCUT2D eigenvalue weighted by atomic mass is 16.3. The molecule has 2 aliphatic rings. The number of rotatable bonds is 3. The van der Waals surface area contributed by atoms with E-state index in [2.05, 4.69) is 10.3 Å². The van der Waals surface area contributed by atoms with Gasteiger partial charge in [-0.25, -0.2) is 0 Å². The van der Waals surface area contributed by atoms with Crippen LogP contribution in [0.1, 0.15) is 50.5 Å². The molecule has 4 heteroatoms. The van der Waals surface area contributed by atoms with Crippen molar-refractivity contribution in [1.29, 1.82) is 0 Å². The van der Waals surface area contributed by atoms with Crippen LogP contribution in [0.5, 0.6) is 0 Å². The van der Waals surface area contributed by atoms with E-state index in [1.807, 2.05) is 29.3 Å². The van der Waals surface area contributed by atoms with Crippen LogP contribution in [0.2, 0.25) is 0 Å². The van der Waals surface area contributed by atoms with E-state index >= 15 is 0 Å². The maximum absolute atomic E-state index is 10.7. The number of nitrogens with zero attached hydrogens (tertiary/aromatic N) is 3. The van der Waals surface area contributed by atoms with Gasteiger partial charge in [-0.1, -0.05) is 36.6 Å². The van der Waals surface area contributed by atoms with Gasteiger partial charge in [-0.05, 0) is 43.4 Å². The molecule has 0 radical (unpaired) electrons. The van der Waals surface area contributed by atoms with Crippen molar-refractivity contribution < 1.29 is 5.11 Å². The molecule has 0 aromatic heterocycles. The molecule has 1 aliphatic heterocycles. The summed E-state index contributed by atoms with van der Waals surface area (Å²) in [6.07, 6.45) is 7.66. The van der Waals surface area contributed by atoms with Crippen LogP contribution in [0.3, 0.4) is 0 Å². The quantitative estimate of drug-likeness (QED) is 0.848. The highest BCUT2D eigenvalue weighted by Gasteiger charge is 2.30. The Bertz CT molecular complexity index is 457. The fourth-order valence-corrected chi connectivity index (χ4v) is 3.17. The van der Waals surface area contributed by atoms with E-state index in [1.165, 1.54) is 19.3 Å². The van der Waals surface area contributed by atoms with Crippen LogP contribution in [-0.2, 0) is 5.60 Å². The van der Waals surface area contributed by atoms with Gasteiger partial charge in [0.25, 0.3) is 0 Å². The molecule has 108 valence electrons. The van der Waals surface area contributed by atoms with E-state index in [0.717, 1.165) is 50.0 Å². The molecule has 1 N–H and O–H groups in total. The molecule has 1 aromatic rings. The molecule has 0 atom stereocenters. The molecular weight excluding hydrogens is 250 g/mol. The lowest BCUT2D eigenvalue weighted by Crippen LogP contribution is -2.28. The summed E-state index contributed by atoms with van der Waals surface area (Å²) in [5.41, 5.74) is 1.26. The molecule has 0 bridgehead atoms. The van der Waals surface area contributed by atoms with Gasteiger partial charge in [0.15, 0.2) is 0 Å². The summed E-state index contributed by atoms with van der Waals surface area (Å²) < 4.78 is 0. The van der Waals surface area contributed by atoms with Gasteiger partial charge in [-0.15, -0.1) is 5.11 Å². The monoisotopic (exact) mass is 273 g/mol. The highest BCUT2D eigenvalue weighted by Crippen LogP contribution is 2.37. The number of hydrogen-bond donors (Lipinski definition) is 1. The molecule has 1 aromatic carbocycles. The molecule has 1 saturated carbocycles. The first kappa shape index (κ1) is 13.6. The summed E-state index contributed by atoms with van der Waals surface area (Å²) in [6, 6.07) is 7.93. The second-order valence-corrected chi connectivity index (χ2v) is 5.99. The Balaban J connectivity index is 1.67. The third-order valence-corrected chi connectivity index (χ3v) is 4.45. The predicted molar refractivity (Wildman–Crippen MR) is 78.7 cm³/mol. The van der Waals surface area contributed by atoms with Crippen LogP contribution in [0.25, 0.3) is 0 Å². The average molecular weight is 273 g/mol. The molecular formula is C16H23N3O. The zero-order valence-electron chi connectivity index (χ0n) is 12.0. The second-order valence-electron chi connectivity index (χ2n) is 5.99. The topological polar surface area (TPSA) is 48.2 Å². The van der Waals surface area contributed by atoms with Gasteiger partial charge in [0.2, 0.25) is 0 Å². The van der Waals surface area contributed by atoms with Crippen molar-refractivity contribution in [3.63, 3.8) is 0 Å². The van der Waals surface area contributed by atoms with E-state index < -0.39 is 5.60 Å². The summed E-state index contributed by atoms with van der Waals surface area (Å²) in [5.74, 6) is 0. The lowest BCUT2D eigenvalue weighted by molar-refractivity contribution is -0.000612. The van der Waals surface area contributed by atoms with Crippen molar-refractivity contribution in [3.8, 4) is 0 Å². The fraction of sp³-hybridized carbons (Fsp3) is 0.625. The summed E-state index contributed by atoms with van der Waals surface area (Å²) in [4.78, 5) is 0. The van der Waals surface area contributed by atoms with Crippen molar-refractivity contribution in [1.82, 2.24) is 5.01 Å². The van der Waals surface area contributed by atoms with Gasteiger partial charge in [-0.3, -0.25) is 5.01 Å². The molecule has 0 spiro atoms. The second kappa shape index (κ2) is 5.92. The third-order valence-electron chi connectivity index (χ3n) is 4.45. The maximum atomic E-state index is 10.7. The van der Waals surface area contributed by atoms with Gasteiger partial charge in [0.1, 0.15) is 0 Å². The van der Waals surface area contributed by atoms with Gasteiger partial charge in [0, 0.05) is 13.1 Å². The van der Waals surface area contributed by atoms with Crippen molar-refractivity contribution in [2.45, 2.75) is 50.5 Å². The maximum Gasteiger partial charge on any atom is 0.0896 e. The molecule has 1 aliphatic carbocycles. The predicted octanol–water partition coefficient (Wildman–Crippen LogP) is 3.93. The van der Waals surface area contributed by atoms with E-state index in [1.54, 1.807) is 0 Å². The molecule has 4 nitrogen and oxygen atoms in total. The minimum atomic E-state index is -0.622. The lowest BCUT2D eigenvalue weighted by atomic mass is 9.80. The van der Waals surface area contributed by atoms with E-state index in [9.17, 15) is 5.11 Å². The largest absolute Gasteiger partial charge is 0.385 e. The normalized spacial score (nSPS) is 22.6. The van der Waals surface area contributed by atoms with Crippen molar-refractivity contribution in [3.05, 3.63) is 29.8 Å². The van der Waals surface area contributed by atoms with Crippen molar-refractivity contribution in [2.24, 2.45) is 10.3 Å². The Morgan fingerprint density at radius 1 is 0.900 bits per heavy atom. The molecule has 20 heavy (non-hydrogen) atoms. The Kier molecular flexibility index (Phi) is 4.01. The van der Waals surface area contributed by atoms with Crippen LogP contribution in [0.4, 0.5) is 5.69 Å². The molecule has 2 fully saturated rings. The first-order chi connectivity index (χ1) is 9.76. The van der Waals surface area contributed by atoms with E-state index in [0.29, 0.717) is 0 Å². The Hall–Kier alpha value is -1.42. The lowest BCUT2D eigenvalue weighted by Gasteiger charge is -2.32. The number of hydrogen-bond acceptors (Lipinski definition) is 3. The first-order valence-electron chi connectivity index (χ1n) is 7.76. The Morgan fingerprint density at radius 2 is 1.55 bits per heavy atom. The standard InChI is InChI=1S/C16H23N3O/c20-16(10-2-1-3-11-16)14-6-8-15(9-7-14)17-18-19-12-4-5-13-19/h6-9,20H,1-5,10-13H2. The molecule has 0 amide bonds. The molecule has 3 rings (SSSR count). The summed E-state index contributed by atoms with van der Waals surface area (Å²) in [7, 11) is 0. The van der Waals surface area contributed by atoms with Crippen LogP contribution in [0, 0.1) is 0 Å². The fourth-order valence-electron chi connectivity index (χ4n) is 3.17. The summed E-state index contributed by atoms with van der Waals surface area (Å²) in [6.45, 7) is 2.03. The minimum absolute atomic E-state index is 0.622. The summed E-state index contributed by atoms with van der Waals surface area (Å²) in [5, 5.41) is 21.2. The van der Waals surface area contributed by atoms with Gasteiger partial charge >= 0.3 is 0 Å². The van der Waals surface area contributed by atoms with Crippen molar-refractivity contribution >= 4 is 5.69 Å². The van der Waals surface area contributed by atoms with Gasteiger partial charge < -0.3 is 5.11 Å². The number of aliphatic hydroxyl groups is 1. The smallest absolute Gasteiger partial charge is 0.0896 e. The van der Waals surface area contributed by atoms with Crippen LogP contribution < -0.4 is 0 Å². The third kappa shape index (κ3) is 3.01. The summed E-state index contributed by atoms with van der Waals surface area (Å²) >= 11 is 0. The average Bonchev–Trinajstić information content (AvgIpc) is 3.00. The number of benzene rings is 1. The van der Waals surface area contributed by atoms with Crippen molar-refractivity contribution in [2.75, 3.05) is 13.1 Å². The van der Waals surface area contributed by atoms with Gasteiger partial charge in [-0.2, -0.15) is 0 Å². The van der Waals surface area contributed by atoms with Crippen LogP contribution in [0.15, 0.2) is 34.6 Å². The molecule has 0 unspecified atom stereocenters. The highest BCUT2D eigenvalue weighted by molar-refractivity contribution is 5.40.